The Balaban J connectivity index is 0.00000276. The SMILES string of the molecule is CCN(CCCC1CCN(CC(=O)N2c3ccccc3C(=O)Nc3cccnc32)CC1)C(=O)c1ccc(OC)c(OC)c1.Cl.Cl. The van der Waals surface area contributed by atoms with Gasteiger partial charge in [0.15, 0.2) is 17.3 Å². The van der Waals surface area contributed by atoms with E-state index in [2.05, 4.69) is 15.2 Å². The first-order valence-corrected chi connectivity index (χ1v) is 14.9. The Labute approximate surface area is 276 Å². The molecule has 0 aliphatic carbocycles. The number of likely N-dealkylation sites (tertiary alicyclic amines) is 1. The van der Waals surface area contributed by atoms with Gasteiger partial charge in [0.1, 0.15) is 0 Å². The molecule has 3 heterocycles. The molecule has 2 aliphatic rings. The van der Waals surface area contributed by atoms with Crippen molar-refractivity contribution in [3.8, 4) is 11.5 Å². The van der Waals surface area contributed by atoms with Gasteiger partial charge >= 0.3 is 0 Å². The lowest BCUT2D eigenvalue weighted by Crippen LogP contribution is -2.42. The molecule has 1 fully saturated rings. The quantitative estimate of drug-likeness (QED) is 0.293. The lowest BCUT2D eigenvalue weighted by Gasteiger charge is -2.33. The minimum Gasteiger partial charge on any atom is -0.493 e. The van der Waals surface area contributed by atoms with Crippen LogP contribution in [0.3, 0.4) is 0 Å². The monoisotopic (exact) mass is 657 g/mol. The fourth-order valence-corrected chi connectivity index (χ4v) is 5.91. The lowest BCUT2D eigenvalue weighted by molar-refractivity contribution is -0.119. The van der Waals surface area contributed by atoms with E-state index in [1.54, 1.807) is 73.8 Å². The third-order valence-corrected chi connectivity index (χ3v) is 8.29. The molecule has 3 aromatic rings. The first-order valence-electron chi connectivity index (χ1n) is 14.9. The first-order chi connectivity index (χ1) is 20.9. The fourth-order valence-electron chi connectivity index (χ4n) is 5.91. The van der Waals surface area contributed by atoms with Gasteiger partial charge in [-0.15, -0.1) is 24.8 Å². The van der Waals surface area contributed by atoms with Crippen LogP contribution >= 0.6 is 24.8 Å². The summed E-state index contributed by atoms with van der Waals surface area (Å²) in [6.45, 7) is 5.20. The summed E-state index contributed by atoms with van der Waals surface area (Å²) >= 11 is 0. The van der Waals surface area contributed by atoms with E-state index < -0.39 is 0 Å². The lowest BCUT2D eigenvalue weighted by atomic mass is 9.92. The van der Waals surface area contributed by atoms with Gasteiger partial charge in [-0.05, 0) is 94.1 Å². The normalized spacial score (nSPS) is 14.5. The number of nitrogens with zero attached hydrogens (tertiary/aromatic N) is 4. The van der Waals surface area contributed by atoms with E-state index >= 15 is 0 Å². The van der Waals surface area contributed by atoms with E-state index in [0.29, 0.717) is 58.8 Å². The van der Waals surface area contributed by atoms with Crippen molar-refractivity contribution in [2.24, 2.45) is 5.92 Å². The number of halogens is 2. The van der Waals surface area contributed by atoms with Gasteiger partial charge in [0.25, 0.3) is 11.8 Å². The summed E-state index contributed by atoms with van der Waals surface area (Å²) in [6.07, 6.45) is 5.57. The molecule has 5 rings (SSSR count). The number of carbonyl (C=O) groups is 3. The number of methoxy groups -OCH3 is 2. The molecule has 3 amide bonds. The predicted molar refractivity (Wildman–Crippen MR) is 180 cm³/mol. The molecule has 45 heavy (non-hydrogen) atoms. The number of aromatic nitrogens is 1. The Morgan fingerprint density at radius 1 is 1.00 bits per heavy atom. The number of hydrogen-bond donors (Lipinski definition) is 1. The summed E-state index contributed by atoms with van der Waals surface area (Å²) in [5.41, 5.74) is 2.09. The number of fused-ring (bicyclic) bond motifs is 2. The van der Waals surface area contributed by atoms with E-state index in [1.165, 1.54) is 0 Å². The molecule has 242 valence electrons. The standard InChI is InChI=1S/C33H39N5O5.2ClH/c1-4-37(33(41)24-13-14-28(42-2)29(21-24)43-3)18-8-9-23-15-19-36(20-16-23)22-30(39)38-27-12-6-5-10-25(27)32(40)35-26-11-7-17-34-31(26)38;;/h5-7,10-14,17,21,23H,4,8-9,15-16,18-20,22H2,1-3H3,(H,35,40);2*1H. The van der Waals surface area contributed by atoms with E-state index in [0.717, 1.165) is 38.8 Å². The number of carbonyl (C=O) groups excluding carboxylic acids is 3. The summed E-state index contributed by atoms with van der Waals surface area (Å²) in [6, 6.07) is 15.9. The van der Waals surface area contributed by atoms with Crippen LogP contribution in [-0.2, 0) is 4.79 Å². The van der Waals surface area contributed by atoms with E-state index in [9.17, 15) is 14.4 Å². The molecule has 0 bridgehead atoms. The molecular weight excluding hydrogens is 617 g/mol. The van der Waals surface area contributed by atoms with E-state index in [4.69, 9.17) is 9.47 Å². The summed E-state index contributed by atoms with van der Waals surface area (Å²) in [4.78, 5) is 49.8. The third kappa shape index (κ3) is 8.06. The zero-order valence-corrected chi connectivity index (χ0v) is 27.5. The van der Waals surface area contributed by atoms with Gasteiger partial charge < -0.3 is 19.7 Å². The first kappa shape index (κ1) is 35.6. The highest BCUT2D eigenvalue weighted by Crippen LogP contribution is 2.36. The maximum absolute atomic E-state index is 13.7. The van der Waals surface area contributed by atoms with Gasteiger partial charge in [-0.3, -0.25) is 24.2 Å². The van der Waals surface area contributed by atoms with Crippen LogP contribution in [0, 0.1) is 5.92 Å². The maximum Gasteiger partial charge on any atom is 0.257 e. The van der Waals surface area contributed by atoms with Crippen LogP contribution in [0.4, 0.5) is 17.2 Å². The second-order valence-corrected chi connectivity index (χ2v) is 10.9. The summed E-state index contributed by atoms with van der Waals surface area (Å²) < 4.78 is 10.7. The van der Waals surface area contributed by atoms with Crippen LogP contribution < -0.4 is 19.7 Å². The molecule has 0 radical (unpaired) electrons. The highest BCUT2D eigenvalue weighted by atomic mass is 35.5. The van der Waals surface area contributed by atoms with Crippen molar-refractivity contribution in [3.63, 3.8) is 0 Å². The number of hydrogen-bond acceptors (Lipinski definition) is 7. The number of pyridine rings is 1. The molecule has 2 aromatic carbocycles. The topological polar surface area (TPSA) is 104 Å². The highest BCUT2D eigenvalue weighted by molar-refractivity contribution is 6.17. The molecule has 0 saturated carbocycles. The molecular formula is C33H41Cl2N5O5. The number of rotatable bonds is 10. The van der Waals surface area contributed by atoms with Gasteiger partial charge in [-0.25, -0.2) is 4.98 Å². The predicted octanol–water partition coefficient (Wildman–Crippen LogP) is 5.83. The number of anilines is 3. The van der Waals surface area contributed by atoms with Crippen molar-refractivity contribution >= 4 is 59.7 Å². The van der Waals surface area contributed by atoms with Crippen molar-refractivity contribution in [2.45, 2.75) is 32.6 Å². The Hall–Kier alpha value is -3.86. The summed E-state index contributed by atoms with van der Waals surface area (Å²) in [5.74, 6) is 1.73. The minimum absolute atomic E-state index is 0. The Bertz CT molecular complexity index is 1480. The smallest absolute Gasteiger partial charge is 0.257 e. The molecule has 0 spiro atoms. The molecule has 1 aromatic heterocycles. The zero-order chi connectivity index (χ0) is 30.3. The van der Waals surface area contributed by atoms with Gasteiger partial charge in [0.05, 0.1) is 37.7 Å². The molecule has 0 unspecified atom stereocenters. The molecule has 2 aliphatic heterocycles. The van der Waals surface area contributed by atoms with Crippen molar-refractivity contribution in [2.75, 3.05) is 57.2 Å². The Morgan fingerprint density at radius 2 is 1.73 bits per heavy atom. The maximum atomic E-state index is 13.7. The van der Waals surface area contributed by atoms with Crippen LogP contribution in [0.5, 0.6) is 11.5 Å². The Kier molecular flexibility index (Phi) is 13.0. The van der Waals surface area contributed by atoms with E-state index in [-0.39, 0.29) is 49.1 Å². The second kappa shape index (κ2) is 16.5. The van der Waals surface area contributed by atoms with Crippen molar-refractivity contribution in [1.82, 2.24) is 14.8 Å². The number of ether oxygens (including phenoxy) is 2. The van der Waals surface area contributed by atoms with E-state index in [1.807, 2.05) is 17.9 Å². The average molecular weight is 659 g/mol. The summed E-state index contributed by atoms with van der Waals surface area (Å²) in [7, 11) is 3.14. The van der Waals surface area contributed by atoms with Crippen molar-refractivity contribution in [1.29, 1.82) is 0 Å². The molecule has 1 saturated heterocycles. The second-order valence-electron chi connectivity index (χ2n) is 10.9. The largest absolute Gasteiger partial charge is 0.493 e. The fraction of sp³-hybridized carbons (Fsp3) is 0.394. The van der Waals surface area contributed by atoms with Gasteiger partial charge in [-0.1, -0.05) is 12.1 Å². The third-order valence-electron chi connectivity index (χ3n) is 8.29. The van der Waals surface area contributed by atoms with Gasteiger partial charge in [0.2, 0.25) is 5.91 Å². The van der Waals surface area contributed by atoms with Crippen LogP contribution in [-0.4, -0.2) is 79.4 Å². The van der Waals surface area contributed by atoms with Crippen LogP contribution in [0.2, 0.25) is 0 Å². The number of piperidine rings is 1. The van der Waals surface area contributed by atoms with Gasteiger partial charge in [0, 0.05) is 24.8 Å². The number of benzene rings is 2. The van der Waals surface area contributed by atoms with Crippen molar-refractivity contribution in [3.05, 3.63) is 71.9 Å². The average Bonchev–Trinajstić information content (AvgIpc) is 3.16. The molecule has 10 nitrogen and oxygen atoms in total. The number of nitrogens with one attached hydrogen (secondary N) is 1. The highest BCUT2D eigenvalue weighted by Gasteiger charge is 2.32. The zero-order valence-electron chi connectivity index (χ0n) is 25.9. The van der Waals surface area contributed by atoms with Crippen LogP contribution in [0.15, 0.2) is 60.8 Å². The van der Waals surface area contributed by atoms with Crippen LogP contribution in [0.25, 0.3) is 0 Å². The molecule has 0 atom stereocenters. The number of para-hydroxylation sites is 1. The van der Waals surface area contributed by atoms with Gasteiger partial charge in [-0.2, -0.15) is 0 Å². The van der Waals surface area contributed by atoms with Crippen molar-refractivity contribution < 1.29 is 23.9 Å². The number of amides is 3. The Morgan fingerprint density at radius 3 is 2.44 bits per heavy atom. The molecule has 12 heteroatoms. The molecule has 1 N–H and O–H groups in total. The minimum atomic E-state index is -0.256. The summed E-state index contributed by atoms with van der Waals surface area (Å²) in [5, 5.41) is 2.89. The van der Waals surface area contributed by atoms with Crippen LogP contribution in [0.1, 0.15) is 53.3 Å².